The van der Waals surface area contributed by atoms with E-state index in [0.717, 1.165) is 30.2 Å². The van der Waals surface area contributed by atoms with E-state index in [1.807, 2.05) is 40.8 Å². The highest BCUT2D eigenvalue weighted by molar-refractivity contribution is 6.38. The second kappa shape index (κ2) is 6.85. The zero-order valence-electron chi connectivity index (χ0n) is 13.7. The van der Waals surface area contributed by atoms with Crippen LogP contribution in [-0.2, 0) is 11.8 Å². The number of hydrogen-bond acceptors (Lipinski definition) is 2. The zero-order valence-corrected chi connectivity index (χ0v) is 14.4. The van der Waals surface area contributed by atoms with Gasteiger partial charge in [0.05, 0.1) is 5.02 Å². The number of rotatable bonds is 4. The molecule has 0 aliphatic carbocycles. The molecule has 2 aromatic rings. The van der Waals surface area contributed by atoms with Gasteiger partial charge in [-0.15, -0.1) is 0 Å². The number of piperidine rings is 1. The number of fused-ring (bicyclic) bond motifs is 1. The lowest BCUT2D eigenvalue weighted by molar-refractivity contribution is -0.137. The summed E-state index contributed by atoms with van der Waals surface area (Å²) in [6.45, 7) is 0.654. The van der Waals surface area contributed by atoms with Crippen LogP contribution in [0.2, 0.25) is 5.02 Å². The lowest BCUT2D eigenvalue weighted by atomic mass is 9.97. The number of aliphatic carboxylic acids is 1. The summed E-state index contributed by atoms with van der Waals surface area (Å²) in [5.74, 6) is -0.926. The summed E-state index contributed by atoms with van der Waals surface area (Å²) in [6, 6.07) is 7.64. The number of halogens is 1. The molecular weight excluding hydrogens is 328 g/mol. The van der Waals surface area contributed by atoms with Crippen molar-refractivity contribution in [1.82, 2.24) is 9.47 Å². The average Bonchev–Trinajstić information content (AvgIpc) is 2.84. The van der Waals surface area contributed by atoms with Gasteiger partial charge >= 0.3 is 5.97 Å². The second-order valence-electron chi connectivity index (χ2n) is 6.32. The Morgan fingerprint density at radius 1 is 1.29 bits per heavy atom. The Bertz CT molecular complexity index is 745. The number of carboxylic acids is 1. The highest BCUT2D eigenvalue weighted by Gasteiger charge is 2.31. The van der Waals surface area contributed by atoms with Gasteiger partial charge in [-0.2, -0.15) is 0 Å². The molecule has 128 valence electrons. The summed E-state index contributed by atoms with van der Waals surface area (Å²) in [5, 5.41) is 10.3. The molecule has 3 rings (SSSR count). The second-order valence-corrected chi connectivity index (χ2v) is 6.70. The normalized spacial score (nSPS) is 18.1. The van der Waals surface area contributed by atoms with Crippen LogP contribution in [0.25, 0.3) is 10.9 Å². The number of carboxylic acid groups (broad SMARTS) is 1. The molecule has 1 aromatic carbocycles. The molecule has 1 fully saturated rings. The number of aryl methyl sites for hydroxylation is 1. The molecule has 1 aliphatic heterocycles. The molecule has 5 nitrogen and oxygen atoms in total. The summed E-state index contributed by atoms with van der Waals surface area (Å²) in [4.78, 5) is 25.8. The molecule has 1 unspecified atom stereocenters. The first-order valence-electron chi connectivity index (χ1n) is 8.26. The Balaban J connectivity index is 1.93. The molecule has 24 heavy (non-hydrogen) atoms. The van der Waals surface area contributed by atoms with Crippen molar-refractivity contribution in [1.29, 1.82) is 0 Å². The van der Waals surface area contributed by atoms with Crippen LogP contribution in [0.5, 0.6) is 0 Å². The molecule has 2 heterocycles. The third-order valence-corrected chi connectivity index (χ3v) is 5.21. The Morgan fingerprint density at radius 2 is 2.04 bits per heavy atom. The minimum Gasteiger partial charge on any atom is -0.481 e. The number of benzene rings is 1. The van der Waals surface area contributed by atoms with Crippen LogP contribution >= 0.6 is 11.6 Å². The third-order valence-electron chi connectivity index (χ3n) is 4.83. The maximum atomic E-state index is 13.1. The topological polar surface area (TPSA) is 62.5 Å². The standard InChI is InChI=1S/C18H21ClN2O3/c1-20-14-8-3-2-7-13(14)16(19)17(20)18(24)21-11-5-4-6-12(21)9-10-15(22)23/h2-3,7-8,12H,4-6,9-11H2,1H3,(H,22,23). The lowest BCUT2D eigenvalue weighted by Crippen LogP contribution is -2.44. The summed E-state index contributed by atoms with van der Waals surface area (Å²) in [7, 11) is 1.84. The van der Waals surface area contributed by atoms with E-state index >= 15 is 0 Å². The van der Waals surface area contributed by atoms with E-state index < -0.39 is 5.97 Å². The maximum Gasteiger partial charge on any atom is 0.303 e. The SMILES string of the molecule is Cn1c(C(=O)N2CCCCC2CCC(=O)O)c(Cl)c2ccccc21. The number of amides is 1. The van der Waals surface area contributed by atoms with Crippen LogP contribution in [-0.4, -0.2) is 39.0 Å². The highest BCUT2D eigenvalue weighted by atomic mass is 35.5. The molecule has 6 heteroatoms. The smallest absolute Gasteiger partial charge is 0.303 e. The number of carbonyl (C=O) groups is 2. The van der Waals surface area contributed by atoms with E-state index in [-0.39, 0.29) is 18.4 Å². The highest BCUT2D eigenvalue weighted by Crippen LogP contribution is 2.32. The van der Waals surface area contributed by atoms with Crippen molar-refractivity contribution < 1.29 is 14.7 Å². The summed E-state index contributed by atoms with van der Waals surface area (Å²) in [5.41, 5.74) is 1.41. The van der Waals surface area contributed by atoms with Gasteiger partial charge in [-0.25, -0.2) is 0 Å². The van der Waals surface area contributed by atoms with Gasteiger partial charge in [-0.1, -0.05) is 29.8 Å². The number of para-hydroxylation sites is 1. The first-order chi connectivity index (χ1) is 11.5. The first kappa shape index (κ1) is 16.8. The van der Waals surface area contributed by atoms with Gasteiger partial charge in [0.15, 0.2) is 0 Å². The van der Waals surface area contributed by atoms with Gasteiger partial charge in [-0.05, 0) is 31.7 Å². The van der Waals surface area contributed by atoms with Crippen molar-refractivity contribution in [3.63, 3.8) is 0 Å². The van der Waals surface area contributed by atoms with Crippen molar-refractivity contribution in [2.45, 2.75) is 38.1 Å². The van der Waals surface area contributed by atoms with Gasteiger partial charge in [0.2, 0.25) is 0 Å². The third kappa shape index (κ3) is 3.00. The maximum absolute atomic E-state index is 13.1. The molecule has 1 N–H and O–H groups in total. The fourth-order valence-corrected chi connectivity index (χ4v) is 3.95. The number of likely N-dealkylation sites (tertiary alicyclic amines) is 1. The predicted octanol–water partition coefficient (Wildman–Crippen LogP) is 3.69. The van der Waals surface area contributed by atoms with Crippen LogP contribution in [0.3, 0.4) is 0 Å². The lowest BCUT2D eigenvalue weighted by Gasteiger charge is -2.35. The number of hydrogen-bond donors (Lipinski definition) is 1. The van der Waals surface area contributed by atoms with E-state index in [4.69, 9.17) is 16.7 Å². The van der Waals surface area contributed by atoms with Gasteiger partial charge in [0.25, 0.3) is 5.91 Å². The quantitative estimate of drug-likeness (QED) is 0.916. The van der Waals surface area contributed by atoms with Crippen LogP contribution in [0.15, 0.2) is 24.3 Å². The Morgan fingerprint density at radius 3 is 2.75 bits per heavy atom. The van der Waals surface area contributed by atoms with E-state index in [2.05, 4.69) is 0 Å². The molecule has 1 saturated heterocycles. The molecule has 0 saturated carbocycles. The fourth-order valence-electron chi connectivity index (χ4n) is 3.58. The molecular formula is C18H21ClN2O3. The summed E-state index contributed by atoms with van der Waals surface area (Å²) in [6.07, 6.45) is 3.38. The van der Waals surface area contributed by atoms with E-state index in [1.54, 1.807) is 0 Å². The van der Waals surface area contributed by atoms with Crippen molar-refractivity contribution in [2.24, 2.45) is 7.05 Å². The number of aromatic nitrogens is 1. The molecule has 0 radical (unpaired) electrons. The predicted molar refractivity (Wildman–Crippen MR) is 93.5 cm³/mol. The van der Waals surface area contributed by atoms with E-state index in [1.165, 1.54) is 0 Å². The Labute approximate surface area is 145 Å². The van der Waals surface area contributed by atoms with Crippen LogP contribution < -0.4 is 0 Å². The molecule has 0 bridgehead atoms. The summed E-state index contributed by atoms with van der Waals surface area (Å²) >= 11 is 6.49. The van der Waals surface area contributed by atoms with Crippen molar-refractivity contribution in [2.75, 3.05) is 6.54 Å². The van der Waals surface area contributed by atoms with Gasteiger partial charge in [-0.3, -0.25) is 9.59 Å². The average molecular weight is 349 g/mol. The number of nitrogens with zero attached hydrogens (tertiary/aromatic N) is 2. The minimum absolute atomic E-state index is 0.0311. The fraction of sp³-hybridized carbons (Fsp3) is 0.444. The van der Waals surface area contributed by atoms with Crippen LogP contribution in [0.1, 0.15) is 42.6 Å². The van der Waals surface area contributed by atoms with Crippen LogP contribution in [0, 0.1) is 0 Å². The number of carbonyl (C=O) groups excluding carboxylic acids is 1. The van der Waals surface area contributed by atoms with Crippen molar-refractivity contribution in [3.8, 4) is 0 Å². The minimum atomic E-state index is -0.824. The Hall–Kier alpha value is -2.01. The van der Waals surface area contributed by atoms with Gasteiger partial charge < -0.3 is 14.6 Å². The van der Waals surface area contributed by atoms with Gasteiger partial charge in [0, 0.05) is 37.0 Å². The molecule has 1 amide bonds. The van der Waals surface area contributed by atoms with Crippen molar-refractivity contribution >= 4 is 34.4 Å². The Kier molecular flexibility index (Phi) is 4.81. The first-order valence-corrected chi connectivity index (χ1v) is 8.64. The van der Waals surface area contributed by atoms with E-state index in [0.29, 0.717) is 23.7 Å². The van der Waals surface area contributed by atoms with Gasteiger partial charge in [0.1, 0.15) is 5.69 Å². The molecule has 1 atom stereocenters. The molecule has 1 aliphatic rings. The summed E-state index contributed by atoms with van der Waals surface area (Å²) < 4.78 is 1.84. The van der Waals surface area contributed by atoms with E-state index in [9.17, 15) is 9.59 Å². The zero-order chi connectivity index (χ0) is 17.3. The molecule has 1 aromatic heterocycles. The largest absolute Gasteiger partial charge is 0.481 e. The molecule has 0 spiro atoms. The van der Waals surface area contributed by atoms with Crippen molar-refractivity contribution in [3.05, 3.63) is 35.0 Å². The monoisotopic (exact) mass is 348 g/mol. The van der Waals surface area contributed by atoms with Crippen LogP contribution in [0.4, 0.5) is 0 Å².